The minimum absolute atomic E-state index is 0.0258. The van der Waals surface area contributed by atoms with Crippen molar-refractivity contribution >= 4 is 11.8 Å². The number of aromatic nitrogens is 2. The molecule has 2 heterocycles. The molecule has 2 unspecified atom stereocenters. The summed E-state index contributed by atoms with van der Waals surface area (Å²) in [5.41, 5.74) is 0. The van der Waals surface area contributed by atoms with Crippen LogP contribution in [0.5, 0.6) is 5.88 Å². The van der Waals surface area contributed by atoms with Gasteiger partial charge in [0.1, 0.15) is 18.2 Å². The van der Waals surface area contributed by atoms with E-state index in [1.54, 1.807) is 11.0 Å². The van der Waals surface area contributed by atoms with Gasteiger partial charge in [-0.1, -0.05) is 0 Å². The van der Waals surface area contributed by atoms with Crippen molar-refractivity contribution in [3.05, 3.63) is 12.4 Å². The molecule has 104 valence electrons. The van der Waals surface area contributed by atoms with Crippen LogP contribution in [0.25, 0.3) is 0 Å². The van der Waals surface area contributed by atoms with Gasteiger partial charge in [0.2, 0.25) is 5.88 Å². The van der Waals surface area contributed by atoms with Crippen LogP contribution in [0.1, 0.15) is 20.3 Å². The van der Waals surface area contributed by atoms with Gasteiger partial charge in [-0.3, -0.25) is 0 Å². The molecule has 1 aliphatic heterocycles. The first-order valence-corrected chi connectivity index (χ1v) is 6.13. The lowest BCUT2D eigenvalue weighted by molar-refractivity contribution is -0.138. The van der Waals surface area contributed by atoms with Gasteiger partial charge < -0.3 is 19.8 Å². The Morgan fingerprint density at radius 3 is 2.89 bits per heavy atom. The molecule has 1 aromatic heterocycles. The third-order valence-electron chi connectivity index (χ3n) is 2.84. The molecule has 1 aromatic rings. The summed E-state index contributed by atoms with van der Waals surface area (Å²) in [6.45, 7) is 4.00. The van der Waals surface area contributed by atoms with Crippen LogP contribution in [-0.4, -0.2) is 50.9 Å². The van der Waals surface area contributed by atoms with Gasteiger partial charge in [0, 0.05) is 19.0 Å². The summed E-state index contributed by atoms with van der Waals surface area (Å²) in [5, 5.41) is 18.8. The quantitative estimate of drug-likeness (QED) is 0.809. The van der Waals surface area contributed by atoms with Crippen molar-refractivity contribution < 1.29 is 19.7 Å². The molecule has 0 radical (unpaired) electrons. The lowest BCUT2D eigenvalue weighted by Crippen LogP contribution is -2.36. The fraction of sp³-hybridized carbons (Fsp3) is 0.583. The molecule has 0 amide bonds. The number of ether oxygens (including phenoxy) is 1. The molecule has 0 aliphatic carbocycles. The second-order valence-electron chi connectivity index (χ2n) is 4.78. The molecule has 0 spiro atoms. The van der Waals surface area contributed by atoms with Gasteiger partial charge in [0.05, 0.1) is 12.2 Å². The second kappa shape index (κ2) is 5.40. The van der Waals surface area contributed by atoms with E-state index in [4.69, 9.17) is 9.84 Å². The van der Waals surface area contributed by atoms with Gasteiger partial charge in [0.15, 0.2) is 0 Å². The zero-order valence-corrected chi connectivity index (χ0v) is 10.9. The molecule has 1 saturated heterocycles. The van der Waals surface area contributed by atoms with E-state index >= 15 is 0 Å². The monoisotopic (exact) mass is 267 g/mol. The number of anilines is 1. The van der Waals surface area contributed by atoms with E-state index in [2.05, 4.69) is 9.97 Å². The highest BCUT2D eigenvalue weighted by Gasteiger charge is 2.36. The predicted molar refractivity (Wildman–Crippen MR) is 67.2 cm³/mol. The highest BCUT2D eigenvalue weighted by atomic mass is 16.5. The number of aliphatic carboxylic acids is 1. The Balaban J connectivity index is 2.23. The number of β-amino-alcohol motifs (C(OH)–C–C–N with tert-alkyl or cyclic N) is 1. The van der Waals surface area contributed by atoms with Crippen molar-refractivity contribution in [2.75, 3.05) is 11.4 Å². The van der Waals surface area contributed by atoms with E-state index in [1.807, 2.05) is 13.8 Å². The van der Waals surface area contributed by atoms with Crippen molar-refractivity contribution in [2.45, 2.75) is 38.5 Å². The molecule has 0 bridgehead atoms. The van der Waals surface area contributed by atoms with E-state index in [1.165, 1.54) is 6.33 Å². The molecule has 0 saturated carbocycles. The number of hydrogen-bond acceptors (Lipinski definition) is 6. The maximum atomic E-state index is 11.2. The molecule has 19 heavy (non-hydrogen) atoms. The number of nitrogens with zero attached hydrogens (tertiary/aromatic N) is 3. The SMILES string of the molecule is CC(C)Oc1cc(N2CC(O)CC2C(=O)O)ncn1. The standard InChI is InChI=1S/C12H17N3O4/c1-7(2)19-11-4-10(13-6-14-11)15-5-8(16)3-9(15)12(17)18/h4,6-9,16H,3,5H2,1-2H3,(H,17,18). The lowest BCUT2D eigenvalue weighted by Gasteiger charge is -2.22. The molecule has 1 aliphatic rings. The third-order valence-corrected chi connectivity index (χ3v) is 2.84. The summed E-state index contributed by atoms with van der Waals surface area (Å²) in [5.74, 6) is -0.124. The fourth-order valence-corrected chi connectivity index (χ4v) is 2.09. The van der Waals surface area contributed by atoms with Crippen LogP contribution in [0, 0.1) is 0 Å². The summed E-state index contributed by atoms with van der Waals surface area (Å²) in [7, 11) is 0. The number of carbonyl (C=O) groups is 1. The molecule has 7 nitrogen and oxygen atoms in total. The molecule has 2 atom stereocenters. The number of carboxylic acid groups (broad SMARTS) is 1. The van der Waals surface area contributed by atoms with Crippen molar-refractivity contribution in [1.82, 2.24) is 9.97 Å². The second-order valence-corrected chi connectivity index (χ2v) is 4.78. The Labute approximate surface area is 110 Å². The van der Waals surface area contributed by atoms with E-state index < -0.39 is 18.1 Å². The normalized spacial score (nSPS) is 22.8. The van der Waals surface area contributed by atoms with Crippen molar-refractivity contribution in [2.24, 2.45) is 0 Å². The Morgan fingerprint density at radius 2 is 2.26 bits per heavy atom. The number of hydrogen-bond donors (Lipinski definition) is 2. The fourth-order valence-electron chi connectivity index (χ4n) is 2.09. The molecular formula is C12H17N3O4. The first kappa shape index (κ1) is 13.5. The third kappa shape index (κ3) is 3.11. The Bertz CT molecular complexity index is 466. The number of carboxylic acids is 1. The van der Waals surface area contributed by atoms with Crippen LogP contribution in [-0.2, 0) is 4.79 Å². The molecule has 2 rings (SSSR count). The Morgan fingerprint density at radius 1 is 1.53 bits per heavy atom. The summed E-state index contributed by atoms with van der Waals surface area (Å²) < 4.78 is 5.45. The highest BCUT2D eigenvalue weighted by molar-refractivity contribution is 5.78. The van der Waals surface area contributed by atoms with Crippen molar-refractivity contribution in [1.29, 1.82) is 0 Å². The minimum atomic E-state index is -0.971. The van der Waals surface area contributed by atoms with Crippen LogP contribution in [0.4, 0.5) is 5.82 Å². The van der Waals surface area contributed by atoms with Crippen LogP contribution >= 0.6 is 0 Å². The number of aliphatic hydroxyl groups is 1. The Hall–Kier alpha value is -1.89. The summed E-state index contributed by atoms with van der Waals surface area (Å²) in [4.78, 5) is 20.7. The van der Waals surface area contributed by atoms with Gasteiger partial charge in [-0.2, -0.15) is 0 Å². The van der Waals surface area contributed by atoms with Crippen LogP contribution in [0.2, 0.25) is 0 Å². The first-order valence-electron chi connectivity index (χ1n) is 6.13. The number of rotatable bonds is 4. The van der Waals surface area contributed by atoms with Gasteiger partial charge in [-0.25, -0.2) is 14.8 Å². The Kier molecular flexibility index (Phi) is 3.84. The van der Waals surface area contributed by atoms with Gasteiger partial charge in [0.25, 0.3) is 0 Å². The van der Waals surface area contributed by atoms with Gasteiger partial charge >= 0.3 is 5.97 Å². The average Bonchev–Trinajstić information content (AvgIpc) is 2.71. The van der Waals surface area contributed by atoms with Crippen LogP contribution in [0.3, 0.4) is 0 Å². The van der Waals surface area contributed by atoms with E-state index in [9.17, 15) is 9.90 Å². The van der Waals surface area contributed by atoms with Crippen molar-refractivity contribution in [3.63, 3.8) is 0 Å². The van der Waals surface area contributed by atoms with Gasteiger partial charge in [-0.05, 0) is 13.8 Å². The van der Waals surface area contributed by atoms with Crippen LogP contribution in [0.15, 0.2) is 12.4 Å². The number of aliphatic hydroxyl groups excluding tert-OH is 1. The van der Waals surface area contributed by atoms with E-state index in [0.29, 0.717) is 11.7 Å². The largest absolute Gasteiger partial charge is 0.480 e. The molecule has 2 N–H and O–H groups in total. The first-order chi connectivity index (χ1) is 8.97. The predicted octanol–water partition coefficient (Wildman–Crippen LogP) is 0.288. The maximum Gasteiger partial charge on any atom is 0.326 e. The lowest BCUT2D eigenvalue weighted by atomic mass is 10.2. The van der Waals surface area contributed by atoms with Crippen LogP contribution < -0.4 is 9.64 Å². The summed E-state index contributed by atoms with van der Waals surface area (Å²) in [6.07, 6.45) is 0.837. The average molecular weight is 267 g/mol. The summed E-state index contributed by atoms with van der Waals surface area (Å²) in [6, 6.07) is 0.824. The van der Waals surface area contributed by atoms with Crippen molar-refractivity contribution in [3.8, 4) is 5.88 Å². The van der Waals surface area contributed by atoms with E-state index in [-0.39, 0.29) is 19.1 Å². The minimum Gasteiger partial charge on any atom is -0.480 e. The maximum absolute atomic E-state index is 11.2. The topological polar surface area (TPSA) is 95.8 Å². The molecule has 7 heteroatoms. The van der Waals surface area contributed by atoms with Gasteiger partial charge in [-0.15, -0.1) is 0 Å². The zero-order chi connectivity index (χ0) is 14.0. The highest BCUT2D eigenvalue weighted by Crippen LogP contribution is 2.26. The summed E-state index contributed by atoms with van der Waals surface area (Å²) >= 11 is 0. The zero-order valence-electron chi connectivity index (χ0n) is 10.9. The molecular weight excluding hydrogens is 250 g/mol. The smallest absolute Gasteiger partial charge is 0.326 e. The molecule has 0 aromatic carbocycles. The van der Waals surface area contributed by atoms with E-state index in [0.717, 1.165) is 0 Å². The molecule has 1 fully saturated rings.